The number of hydrazone groups is 1. The molecule has 0 heterocycles. The van der Waals surface area contributed by atoms with Crippen molar-refractivity contribution >= 4 is 23.7 Å². The maximum atomic E-state index is 12.7. The number of nitrogens with zero attached hydrogens (tertiary/aromatic N) is 1. The van der Waals surface area contributed by atoms with E-state index in [9.17, 15) is 18.0 Å². The second-order valence-corrected chi connectivity index (χ2v) is 6.70. The number of alkyl halides is 3. The topological polar surface area (TPSA) is 50.7 Å². The predicted octanol–water partition coefficient (Wildman–Crippen LogP) is 5.70. The van der Waals surface area contributed by atoms with Gasteiger partial charge in [0.05, 0.1) is 11.8 Å². The first-order valence-corrected chi connectivity index (χ1v) is 9.17. The molecule has 0 radical (unpaired) electrons. The maximum absolute atomic E-state index is 12.7. The minimum Gasteiger partial charge on any atom is -0.489 e. The number of halogens is 4. The number of amides is 1. The van der Waals surface area contributed by atoms with E-state index in [0.717, 1.165) is 17.7 Å². The van der Waals surface area contributed by atoms with Gasteiger partial charge in [0.2, 0.25) is 0 Å². The fourth-order valence-corrected chi connectivity index (χ4v) is 2.59. The van der Waals surface area contributed by atoms with Crippen molar-refractivity contribution in [1.82, 2.24) is 5.43 Å². The largest absolute Gasteiger partial charge is 0.489 e. The van der Waals surface area contributed by atoms with Gasteiger partial charge in [0.1, 0.15) is 12.4 Å². The lowest BCUT2D eigenvalue weighted by molar-refractivity contribution is -0.137. The van der Waals surface area contributed by atoms with Gasteiger partial charge in [-0.05, 0) is 65.7 Å². The minimum atomic E-state index is -4.52. The molecular formula is C22H16ClF3N2O2. The van der Waals surface area contributed by atoms with E-state index in [4.69, 9.17) is 16.3 Å². The normalized spacial score (nSPS) is 11.5. The van der Waals surface area contributed by atoms with Crippen molar-refractivity contribution in [3.8, 4) is 5.75 Å². The van der Waals surface area contributed by atoms with Gasteiger partial charge in [0.15, 0.2) is 0 Å². The van der Waals surface area contributed by atoms with Crippen molar-refractivity contribution in [2.45, 2.75) is 12.8 Å². The Balaban J connectivity index is 1.54. The number of ether oxygens (including phenoxy) is 1. The first-order valence-electron chi connectivity index (χ1n) is 8.79. The van der Waals surface area contributed by atoms with E-state index < -0.39 is 17.6 Å². The molecule has 0 aliphatic carbocycles. The summed E-state index contributed by atoms with van der Waals surface area (Å²) in [6.07, 6.45) is -3.13. The van der Waals surface area contributed by atoms with E-state index in [2.05, 4.69) is 10.5 Å². The van der Waals surface area contributed by atoms with Crippen molar-refractivity contribution in [2.24, 2.45) is 5.10 Å². The molecule has 0 saturated carbocycles. The Bertz CT molecular complexity index is 1030. The summed E-state index contributed by atoms with van der Waals surface area (Å²) in [4.78, 5) is 12.0. The standard InChI is InChI=1S/C22H16ClF3N2O2/c23-19-8-4-16(5-9-19)14-30-20-10-6-15(7-11-20)13-27-28-21(29)17-2-1-3-18(12-17)22(24,25)26/h1-13H,14H2,(H,28,29)/b27-13-. The zero-order chi connectivity index (χ0) is 21.6. The van der Waals surface area contributed by atoms with Crippen molar-refractivity contribution in [2.75, 3.05) is 0 Å². The number of carbonyl (C=O) groups excluding carboxylic acids is 1. The Morgan fingerprint density at radius 3 is 2.40 bits per heavy atom. The molecule has 0 aromatic heterocycles. The number of nitrogens with one attached hydrogen (secondary N) is 1. The van der Waals surface area contributed by atoms with Gasteiger partial charge >= 0.3 is 6.18 Å². The van der Waals surface area contributed by atoms with Gasteiger partial charge in [0, 0.05) is 10.6 Å². The molecule has 0 unspecified atom stereocenters. The van der Waals surface area contributed by atoms with Crippen molar-refractivity contribution in [1.29, 1.82) is 0 Å². The molecule has 3 aromatic carbocycles. The van der Waals surface area contributed by atoms with Gasteiger partial charge in [-0.25, -0.2) is 5.43 Å². The lowest BCUT2D eigenvalue weighted by Gasteiger charge is -2.08. The third-order valence-electron chi connectivity index (χ3n) is 4.03. The highest BCUT2D eigenvalue weighted by molar-refractivity contribution is 6.30. The Labute approximate surface area is 175 Å². The predicted molar refractivity (Wildman–Crippen MR) is 109 cm³/mol. The SMILES string of the molecule is O=C(N/N=C\c1ccc(OCc2ccc(Cl)cc2)cc1)c1cccc(C(F)(F)F)c1. The quantitative estimate of drug-likeness (QED) is 0.401. The molecule has 0 saturated heterocycles. The smallest absolute Gasteiger partial charge is 0.416 e. The van der Waals surface area contributed by atoms with Crippen LogP contribution in [0.3, 0.4) is 0 Å². The van der Waals surface area contributed by atoms with E-state index >= 15 is 0 Å². The van der Waals surface area contributed by atoms with Crippen LogP contribution in [0.1, 0.15) is 27.0 Å². The molecule has 0 aliphatic heterocycles. The summed E-state index contributed by atoms with van der Waals surface area (Å²) >= 11 is 5.84. The van der Waals surface area contributed by atoms with Crippen LogP contribution in [0.4, 0.5) is 13.2 Å². The molecule has 0 bridgehead atoms. The molecule has 3 rings (SSSR count). The molecular weight excluding hydrogens is 417 g/mol. The first kappa shape index (κ1) is 21.4. The second-order valence-electron chi connectivity index (χ2n) is 6.26. The average molecular weight is 433 g/mol. The lowest BCUT2D eigenvalue weighted by atomic mass is 10.1. The van der Waals surface area contributed by atoms with E-state index in [1.54, 1.807) is 36.4 Å². The fourth-order valence-electron chi connectivity index (χ4n) is 2.46. The molecule has 1 amide bonds. The average Bonchev–Trinajstić information content (AvgIpc) is 2.74. The molecule has 30 heavy (non-hydrogen) atoms. The van der Waals surface area contributed by atoms with E-state index in [1.807, 2.05) is 12.1 Å². The summed E-state index contributed by atoms with van der Waals surface area (Å²) in [7, 11) is 0. The van der Waals surface area contributed by atoms with Crippen molar-refractivity contribution in [3.05, 3.63) is 100 Å². The molecule has 0 fully saturated rings. The molecule has 1 N–H and O–H groups in total. The van der Waals surface area contributed by atoms with Crippen LogP contribution in [-0.4, -0.2) is 12.1 Å². The van der Waals surface area contributed by atoms with Gasteiger partial charge in [0.25, 0.3) is 5.91 Å². The van der Waals surface area contributed by atoms with Crippen molar-refractivity contribution < 1.29 is 22.7 Å². The molecule has 3 aromatic rings. The Kier molecular flexibility index (Phi) is 6.74. The maximum Gasteiger partial charge on any atom is 0.416 e. The highest BCUT2D eigenvalue weighted by atomic mass is 35.5. The van der Waals surface area contributed by atoms with E-state index in [-0.39, 0.29) is 5.56 Å². The van der Waals surface area contributed by atoms with Gasteiger partial charge in [-0.15, -0.1) is 0 Å². The zero-order valence-electron chi connectivity index (χ0n) is 15.5. The van der Waals surface area contributed by atoms with Crippen molar-refractivity contribution in [3.63, 3.8) is 0 Å². The van der Waals surface area contributed by atoms with Crippen LogP contribution in [0.25, 0.3) is 0 Å². The van der Waals surface area contributed by atoms with Gasteiger partial charge < -0.3 is 4.74 Å². The zero-order valence-corrected chi connectivity index (χ0v) is 16.2. The van der Waals surface area contributed by atoms with Gasteiger partial charge in [-0.3, -0.25) is 4.79 Å². The number of benzene rings is 3. The highest BCUT2D eigenvalue weighted by Crippen LogP contribution is 2.29. The van der Waals surface area contributed by atoms with E-state index in [1.165, 1.54) is 18.3 Å². The van der Waals surface area contributed by atoms with Crippen LogP contribution in [0, 0.1) is 0 Å². The molecule has 0 aliphatic rings. The third-order valence-corrected chi connectivity index (χ3v) is 4.28. The summed E-state index contributed by atoms with van der Waals surface area (Å²) in [6, 6.07) is 18.4. The fraction of sp³-hybridized carbons (Fsp3) is 0.0909. The molecule has 154 valence electrons. The molecule has 0 spiro atoms. The Hall–Kier alpha value is -3.32. The summed E-state index contributed by atoms with van der Waals surface area (Å²) in [5, 5.41) is 4.44. The van der Waals surface area contributed by atoms with Gasteiger partial charge in [-0.2, -0.15) is 18.3 Å². The summed E-state index contributed by atoms with van der Waals surface area (Å²) < 4.78 is 43.9. The molecule has 8 heteroatoms. The Morgan fingerprint density at radius 2 is 1.73 bits per heavy atom. The number of hydrogen-bond acceptors (Lipinski definition) is 3. The molecule has 4 nitrogen and oxygen atoms in total. The summed E-state index contributed by atoms with van der Waals surface area (Å²) in [5.41, 5.74) is 2.84. The third kappa shape index (κ3) is 6.09. The van der Waals surface area contributed by atoms with E-state index in [0.29, 0.717) is 22.9 Å². The minimum absolute atomic E-state index is 0.132. The summed E-state index contributed by atoms with van der Waals surface area (Å²) in [5.74, 6) is -0.0876. The second kappa shape index (κ2) is 9.45. The van der Waals surface area contributed by atoms with Gasteiger partial charge in [-0.1, -0.05) is 29.8 Å². The lowest BCUT2D eigenvalue weighted by Crippen LogP contribution is -2.18. The highest BCUT2D eigenvalue weighted by Gasteiger charge is 2.30. The number of carbonyl (C=O) groups is 1. The van der Waals surface area contributed by atoms with Crippen LogP contribution in [0.5, 0.6) is 5.75 Å². The Morgan fingerprint density at radius 1 is 1.03 bits per heavy atom. The number of hydrogen-bond donors (Lipinski definition) is 1. The monoisotopic (exact) mass is 432 g/mol. The molecule has 0 atom stereocenters. The van der Waals surface area contributed by atoms with Crippen LogP contribution in [0.2, 0.25) is 5.02 Å². The summed E-state index contributed by atoms with van der Waals surface area (Å²) in [6.45, 7) is 0.387. The van der Waals surface area contributed by atoms with Crippen LogP contribution >= 0.6 is 11.6 Å². The van der Waals surface area contributed by atoms with Crippen LogP contribution in [0.15, 0.2) is 77.9 Å². The van der Waals surface area contributed by atoms with Crippen LogP contribution in [-0.2, 0) is 12.8 Å². The first-order chi connectivity index (χ1) is 14.3. The van der Waals surface area contributed by atoms with Crippen LogP contribution < -0.4 is 10.2 Å². The number of rotatable bonds is 6.